The molecular formula is C16H18. The highest BCUT2D eigenvalue weighted by atomic mass is 14.0. The highest BCUT2D eigenvalue weighted by Gasteiger charge is 1.91. The summed E-state index contributed by atoms with van der Waals surface area (Å²) in [6, 6.07) is 14.7. The third kappa shape index (κ3) is 3.14. The van der Waals surface area contributed by atoms with Crippen molar-refractivity contribution in [3.8, 4) is 11.8 Å². The maximum Gasteiger partial charge on any atom is 0.0251 e. The lowest BCUT2D eigenvalue weighted by Crippen LogP contribution is -1.75. The Hall–Kier alpha value is -1.74. The standard InChI is InChI=1S/C14H12.C2H6/c1-2-3-6-12-9-10-13-7-4-5-8-14(13)11-12;1-2/h4-5,7-11H,2H2,1H3;1-2H3. The fraction of sp³-hybridized carbons (Fsp3) is 0.250. The quantitative estimate of drug-likeness (QED) is 0.556. The summed E-state index contributed by atoms with van der Waals surface area (Å²) >= 11 is 0. The Bertz CT molecular complexity index is 498. The minimum absolute atomic E-state index is 0.910. The van der Waals surface area contributed by atoms with Crippen LogP contribution in [0.5, 0.6) is 0 Å². The fourth-order valence-corrected chi connectivity index (χ4v) is 1.46. The van der Waals surface area contributed by atoms with Crippen molar-refractivity contribution in [3.63, 3.8) is 0 Å². The van der Waals surface area contributed by atoms with Gasteiger partial charge in [-0.3, -0.25) is 0 Å². The van der Waals surface area contributed by atoms with Gasteiger partial charge in [-0.05, 0) is 22.9 Å². The molecule has 0 unspecified atom stereocenters. The van der Waals surface area contributed by atoms with Crippen molar-refractivity contribution in [2.24, 2.45) is 0 Å². The van der Waals surface area contributed by atoms with Crippen LogP contribution < -0.4 is 0 Å². The number of hydrogen-bond donors (Lipinski definition) is 0. The zero-order valence-corrected chi connectivity index (χ0v) is 10.2. The Kier molecular flexibility index (Phi) is 5.16. The summed E-state index contributed by atoms with van der Waals surface area (Å²) in [5.74, 6) is 6.22. The van der Waals surface area contributed by atoms with E-state index in [1.54, 1.807) is 0 Å². The minimum atomic E-state index is 0.910. The van der Waals surface area contributed by atoms with Crippen LogP contribution in [0.3, 0.4) is 0 Å². The molecule has 0 saturated carbocycles. The van der Waals surface area contributed by atoms with Gasteiger partial charge in [-0.1, -0.05) is 62.9 Å². The van der Waals surface area contributed by atoms with Gasteiger partial charge in [0.2, 0.25) is 0 Å². The summed E-state index contributed by atoms with van der Waals surface area (Å²) in [4.78, 5) is 0. The molecule has 0 amide bonds. The molecule has 0 N–H and O–H groups in total. The van der Waals surface area contributed by atoms with Gasteiger partial charge in [-0.2, -0.15) is 0 Å². The first-order chi connectivity index (χ1) is 7.90. The van der Waals surface area contributed by atoms with Crippen LogP contribution in [0.25, 0.3) is 10.8 Å². The average Bonchev–Trinajstić information content (AvgIpc) is 2.38. The first kappa shape index (κ1) is 12.3. The van der Waals surface area contributed by atoms with Gasteiger partial charge >= 0.3 is 0 Å². The second-order valence-corrected chi connectivity index (χ2v) is 3.22. The Morgan fingerprint density at radius 3 is 2.31 bits per heavy atom. The van der Waals surface area contributed by atoms with Crippen molar-refractivity contribution in [3.05, 3.63) is 48.0 Å². The number of fused-ring (bicyclic) bond motifs is 1. The Labute approximate surface area is 98.3 Å². The van der Waals surface area contributed by atoms with Crippen molar-refractivity contribution < 1.29 is 0 Å². The highest BCUT2D eigenvalue weighted by molar-refractivity contribution is 5.83. The van der Waals surface area contributed by atoms with Gasteiger partial charge in [0.1, 0.15) is 0 Å². The van der Waals surface area contributed by atoms with Crippen LogP contribution in [0.2, 0.25) is 0 Å². The average molecular weight is 210 g/mol. The first-order valence-corrected chi connectivity index (χ1v) is 5.88. The van der Waals surface area contributed by atoms with E-state index in [1.165, 1.54) is 10.8 Å². The predicted octanol–water partition coefficient (Wildman–Crippen LogP) is 4.63. The van der Waals surface area contributed by atoms with Gasteiger partial charge in [-0.15, -0.1) is 0 Å². The molecule has 2 aromatic carbocycles. The Balaban J connectivity index is 0.000000606. The number of hydrogen-bond acceptors (Lipinski definition) is 0. The van der Waals surface area contributed by atoms with E-state index in [0.717, 1.165) is 12.0 Å². The summed E-state index contributed by atoms with van der Waals surface area (Å²) in [5.41, 5.74) is 1.10. The second-order valence-electron chi connectivity index (χ2n) is 3.22. The molecule has 2 rings (SSSR count). The molecule has 2 aromatic rings. The molecule has 0 radical (unpaired) electrons. The lowest BCUT2D eigenvalue weighted by Gasteiger charge is -1.96. The van der Waals surface area contributed by atoms with E-state index >= 15 is 0 Å². The molecule has 0 heterocycles. The van der Waals surface area contributed by atoms with Crippen LogP contribution in [0.15, 0.2) is 42.5 Å². The fourth-order valence-electron chi connectivity index (χ4n) is 1.46. The zero-order chi connectivity index (χ0) is 11.8. The van der Waals surface area contributed by atoms with Gasteiger partial charge in [-0.25, -0.2) is 0 Å². The van der Waals surface area contributed by atoms with Crippen LogP contribution in [0, 0.1) is 11.8 Å². The first-order valence-electron chi connectivity index (χ1n) is 5.88. The smallest absolute Gasteiger partial charge is 0.0251 e. The molecule has 0 bridgehead atoms. The van der Waals surface area contributed by atoms with Crippen LogP contribution in [0.4, 0.5) is 0 Å². The zero-order valence-electron chi connectivity index (χ0n) is 10.2. The molecule has 0 aliphatic carbocycles. The summed E-state index contributed by atoms with van der Waals surface area (Å²) in [5, 5.41) is 2.53. The lowest BCUT2D eigenvalue weighted by atomic mass is 10.1. The third-order valence-electron chi connectivity index (χ3n) is 2.16. The molecule has 0 atom stereocenters. The van der Waals surface area contributed by atoms with Gasteiger partial charge in [0, 0.05) is 12.0 Å². The lowest BCUT2D eigenvalue weighted by molar-refractivity contribution is 1.28. The number of rotatable bonds is 0. The van der Waals surface area contributed by atoms with Crippen molar-refractivity contribution in [2.45, 2.75) is 27.2 Å². The molecule has 0 aliphatic heterocycles. The SMILES string of the molecule is CC.CCC#Cc1ccc2ccccc2c1. The van der Waals surface area contributed by atoms with Crippen molar-refractivity contribution in [1.82, 2.24) is 0 Å². The molecular weight excluding hydrogens is 192 g/mol. The van der Waals surface area contributed by atoms with E-state index < -0.39 is 0 Å². The van der Waals surface area contributed by atoms with Crippen molar-refractivity contribution in [2.75, 3.05) is 0 Å². The van der Waals surface area contributed by atoms with Crippen LogP contribution in [-0.2, 0) is 0 Å². The van der Waals surface area contributed by atoms with Gasteiger partial charge in [0.15, 0.2) is 0 Å². The Morgan fingerprint density at radius 2 is 1.62 bits per heavy atom. The third-order valence-corrected chi connectivity index (χ3v) is 2.16. The molecule has 0 spiro atoms. The molecule has 0 saturated heterocycles. The minimum Gasteiger partial charge on any atom is -0.0982 e. The van der Waals surface area contributed by atoms with E-state index in [1.807, 2.05) is 13.8 Å². The second kappa shape index (κ2) is 6.69. The summed E-state index contributed by atoms with van der Waals surface area (Å²) in [6.07, 6.45) is 0.910. The normalized spacial score (nSPS) is 8.69. The van der Waals surface area contributed by atoms with Gasteiger partial charge < -0.3 is 0 Å². The van der Waals surface area contributed by atoms with E-state index in [9.17, 15) is 0 Å². The molecule has 82 valence electrons. The van der Waals surface area contributed by atoms with E-state index in [0.29, 0.717) is 0 Å². The van der Waals surface area contributed by atoms with E-state index in [2.05, 4.69) is 61.2 Å². The van der Waals surface area contributed by atoms with Crippen molar-refractivity contribution in [1.29, 1.82) is 0 Å². The largest absolute Gasteiger partial charge is 0.0982 e. The molecule has 0 fully saturated rings. The van der Waals surface area contributed by atoms with Crippen LogP contribution >= 0.6 is 0 Å². The molecule has 16 heavy (non-hydrogen) atoms. The Morgan fingerprint density at radius 1 is 0.938 bits per heavy atom. The summed E-state index contributed by atoms with van der Waals surface area (Å²) in [6.45, 7) is 6.06. The monoisotopic (exact) mass is 210 g/mol. The summed E-state index contributed by atoms with van der Waals surface area (Å²) in [7, 11) is 0. The summed E-state index contributed by atoms with van der Waals surface area (Å²) < 4.78 is 0. The molecule has 0 aliphatic rings. The molecule has 0 heteroatoms. The van der Waals surface area contributed by atoms with Gasteiger partial charge in [0.05, 0.1) is 0 Å². The van der Waals surface area contributed by atoms with E-state index in [-0.39, 0.29) is 0 Å². The topological polar surface area (TPSA) is 0 Å². The maximum absolute atomic E-state index is 3.14. The number of benzene rings is 2. The maximum atomic E-state index is 3.14. The molecule has 0 aromatic heterocycles. The highest BCUT2D eigenvalue weighted by Crippen LogP contribution is 2.14. The van der Waals surface area contributed by atoms with Crippen LogP contribution in [-0.4, -0.2) is 0 Å². The van der Waals surface area contributed by atoms with Crippen molar-refractivity contribution >= 4 is 10.8 Å². The predicted molar refractivity (Wildman–Crippen MR) is 72.5 cm³/mol. The molecule has 0 nitrogen and oxygen atoms in total. The van der Waals surface area contributed by atoms with E-state index in [4.69, 9.17) is 0 Å². The van der Waals surface area contributed by atoms with Gasteiger partial charge in [0.25, 0.3) is 0 Å². The van der Waals surface area contributed by atoms with Crippen LogP contribution in [0.1, 0.15) is 32.8 Å².